The van der Waals surface area contributed by atoms with Gasteiger partial charge in [0.25, 0.3) is 0 Å². The van der Waals surface area contributed by atoms with Gasteiger partial charge in [-0.25, -0.2) is 18.7 Å². The van der Waals surface area contributed by atoms with Crippen molar-refractivity contribution in [1.82, 2.24) is 14.4 Å². The highest BCUT2D eigenvalue weighted by atomic mass is 19.1. The third-order valence-corrected chi connectivity index (χ3v) is 3.29. The van der Waals surface area contributed by atoms with E-state index in [0.29, 0.717) is 11.5 Å². The molecule has 2 aromatic heterocycles. The number of aromatic nitrogens is 3. The molecule has 0 atom stereocenters. The highest BCUT2D eigenvalue weighted by molar-refractivity contribution is 5.63. The molecule has 2 heterocycles. The quantitative estimate of drug-likeness (QED) is 0.678. The number of hydrogen-bond acceptors (Lipinski definition) is 2. The van der Waals surface area contributed by atoms with Crippen LogP contribution < -0.4 is 0 Å². The molecule has 0 aliphatic carbocycles. The first-order valence-electron chi connectivity index (χ1n) is 6.25. The van der Waals surface area contributed by atoms with Crippen molar-refractivity contribution >= 4 is 5.78 Å². The molecule has 3 rings (SSSR count). The largest absolute Gasteiger partial charge is 0.288 e. The van der Waals surface area contributed by atoms with Gasteiger partial charge in [-0.1, -0.05) is 0 Å². The molecule has 0 saturated carbocycles. The smallest absolute Gasteiger partial charge is 0.234 e. The Morgan fingerprint density at radius 3 is 2.45 bits per heavy atom. The van der Waals surface area contributed by atoms with Crippen LogP contribution in [-0.2, 0) is 0 Å². The highest BCUT2D eigenvalue weighted by Crippen LogP contribution is 2.25. The van der Waals surface area contributed by atoms with Crippen LogP contribution in [0.15, 0.2) is 24.4 Å². The molecule has 102 valence electrons. The second-order valence-corrected chi connectivity index (χ2v) is 4.92. The number of rotatable bonds is 1. The maximum atomic E-state index is 14.0. The number of aryl methyl sites for hydroxylation is 3. The fourth-order valence-electron chi connectivity index (χ4n) is 2.24. The summed E-state index contributed by atoms with van der Waals surface area (Å²) in [5.41, 5.74) is 2.58. The molecule has 3 nitrogen and oxygen atoms in total. The highest BCUT2D eigenvalue weighted by Gasteiger charge is 2.14. The van der Waals surface area contributed by atoms with Gasteiger partial charge in [0.05, 0.1) is 5.69 Å². The molecule has 0 fully saturated rings. The Balaban J connectivity index is 2.25. The van der Waals surface area contributed by atoms with E-state index < -0.39 is 11.6 Å². The first-order valence-corrected chi connectivity index (χ1v) is 6.25. The van der Waals surface area contributed by atoms with Crippen LogP contribution in [0.4, 0.5) is 8.78 Å². The van der Waals surface area contributed by atoms with Crippen molar-refractivity contribution in [3.05, 3.63) is 53.0 Å². The van der Waals surface area contributed by atoms with Gasteiger partial charge < -0.3 is 0 Å². The van der Waals surface area contributed by atoms with E-state index in [4.69, 9.17) is 0 Å². The fraction of sp³-hybridized carbons (Fsp3) is 0.200. The van der Waals surface area contributed by atoms with Crippen LogP contribution in [0.5, 0.6) is 0 Å². The summed E-state index contributed by atoms with van der Waals surface area (Å²) in [7, 11) is 0. The van der Waals surface area contributed by atoms with E-state index in [-0.39, 0.29) is 11.1 Å². The predicted octanol–water partition coefficient (Wildman–Crippen LogP) is 3.60. The topological polar surface area (TPSA) is 30.2 Å². The predicted molar refractivity (Wildman–Crippen MR) is 72.6 cm³/mol. The zero-order chi connectivity index (χ0) is 14.4. The summed E-state index contributed by atoms with van der Waals surface area (Å²) in [5, 5.41) is 0. The number of hydrogen-bond donors (Lipinski definition) is 0. The van der Waals surface area contributed by atoms with Gasteiger partial charge >= 0.3 is 0 Å². The Morgan fingerprint density at radius 2 is 1.70 bits per heavy atom. The van der Waals surface area contributed by atoms with E-state index in [1.807, 2.05) is 19.9 Å². The maximum absolute atomic E-state index is 14.0. The lowest BCUT2D eigenvalue weighted by Crippen LogP contribution is -1.94. The molecule has 0 saturated heterocycles. The van der Waals surface area contributed by atoms with Crippen LogP contribution in [0.1, 0.15) is 17.0 Å². The molecule has 0 unspecified atom stereocenters. The van der Waals surface area contributed by atoms with Crippen LogP contribution in [0.2, 0.25) is 0 Å². The zero-order valence-electron chi connectivity index (χ0n) is 11.4. The second kappa shape index (κ2) is 4.37. The minimum Gasteiger partial charge on any atom is -0.288 e. The summed E-state index contributed by atoms with van der Waals surface area (Å²) in [5.74, 6) is -0.445. The van der Waals surface area contributed by atoms with Gasteiger partial charge in [-0.05, 0) is 44.5 Å². The molecule has 1 aromatic carbocycles. The lowest BCUT2D eigenvalue weighted by atomic mass is 10.1. The Morgan fingerprint density at radius 1 is 0.950 bits per heavy atom. The third kappa shape index (κ3) is 1.95. The van der Waals surface area contributed by atoms with Gasteiger partial charge in [0.15, 0.2) is 0 Å². The van der Waals surface area contributed by atoms with Crippen LogP contribution >= 0.6 is 0 Å². The molecular formula is C15H13F2N3. The minimum atomic E-state index is -0.485. The molecule has 0 bridgehead atoms. The van der Waals surface area contributed by atoms with Crippen molar-refractivity contribution in [3.63, 3.8) is 0 Å². The summed E-state index contributed by atoms with van der Waals surface area (Å²) in [6.07, 6.45) is 1.67. The number of benzene rings is 1. The average Bonchev–Trinajstić information content (AvgIpc) is 2.77. The zero-order valence-corrected chi connectivity index (χ0v) is 11.4. The van der Waals surface area contributed by atoms with Gasteiger partial charge in [0.2, 0.25) is 5.78 Å². The standard InChI is InChI=1S/C15H13F2N3/c1-8-4-13(17)11(6-12(8)16)14-7-20-10(3)5-9(2)18-15(20)19-14/h4-7H,1-3H3. The van der Waals surface area contributed by atoms with E-state index in [9.17, 15) is 8.78 Å². The lowest BCUT2D eigenvalue weighted by molar-refractivity contribution is 0.595. The Kier molecular flexibility index (Phi) is 2.78. The summed E-state index contributed by atoms with van der Waals surface area (Å²) in [4.78, 5) is 8.57. The van der Waals surface area contributed by atoms with Gasteiger partial charge in [0, 0.05) is 23.1 Å². The molecule has 0 radical (unpaired) electrons. The molecular weight excluding hydrogens is 260 g/mol. The van der Waals surface area contributed by atoms with Crippen LogP contribution in [0.25, 0.3) is 17.0 Å². The number of halogens is 2. The first-order chi connectivity index (χ1) is 9.45. The molecule has 0 N–H and O–H groups in total. The second-order valence-electron chi connectivity index (χ2n) is 4.92. The van der Waals surface area contributed by atoms with Crippen molar-refractivity contribution < 1.29 is 8.78 Å². The van der Waals surface area contributed by atoms with E-state index in [0.717, 1.165) is 11.4 Å². The summed E-state index contributed by atoms with van der Waals surface area (Å²) in [6.45, 7) is 5.31. The molecule has 0 aliphatic heterocycles. The number of fused-ring (bicyclic) bond motifs is 1. The first kappa shape index (κ1) is 12.7. The minimum absolute atomic E-state index is 0.149. The Bertz CT molecular complexity index is 822. The number of nitrogens with zero attached hydrogens (tertiary/aromatic N) is 3. The molecule has 0 aliphatic rings. The van der Waals surface area contributed by atoms with E-state index in [1.54, 1.807) is 10.6 Å². The van der Waals surface area contributed by atoms with Gasteiger partial charge in [-0.3, -0.25) is 4.40 Å². The van der Waals surface area contributed by atoms with Crippen LogP contribution in [-0.4, -0.2) is 14.4 Å². The van der Waals surface area contributed by atoms with E-state index >= 15 is 0 Å². The summed E-state index contributed by atoms with van der Waals surface area (Å²) < 4.78 is 29.4. The van der Waals surface area contributed by atoms with Crippen molar-refractivity contribution in [1.29, 1.82) is 0 Å². The van der Waals surface area contributed by atoms with E-state index in [2.05, 4.69) is 9.97 Å². The molecule has 3 aromatic rings. The Labute approximate surface area is 114 Å². The monoisotopic (exact) mass is 273 g/mol. The summed E-state index contributed by atoms with van der Waals surface area (Å²) >= 11 is 0. The van der Waals surface area contributed by atoms with Gasteiger partial charge in [-0.15, -0.1) is 0 Å². The maximum Gasteiger partial charge on any atom is 0.234 e. The third-order valence-electron chi connectivity index (χ3n) is 3.29. The Hall–Kier alpha value is -2.30. The molecule has 20 heavy (non-hydrogen) atoms. The van der Waals surface area contributed by atoms with Crippen LogP contribution in [0, 0.1) is 32.4 Å². The van der Waals surface area contributed by atoms with Gasteiger partial charge in [0.1, 0.15) is 11.6 Å². The fourth-order valence-corrected chi connectivity index (χ4v) is 2.24. The van der Waals surface area contributed by atoms with Gasteiger partial charge in [-0.2, -0.15) is 0 Å². The normalized spacial score (nSPS) is 11.2. The molecule has 0 spiro atoms. The van der Waals surface area contributed by atoms with E-state index in [1.165, 1.54) is 19.1 Å². The van der Waals surface area contributed by atoms with Crippen LogP contribution in [0.3, 0.4) is 0 Å². The lowest BCUT2D eigenvalue weighted by Gasteiger charge is -2.02. The molecule has 0 amide bonds. The van der Waals surface area contributed by atoms with Crippen molar-refractivity contribution in [2.24, 2.45) is 0 Å². The molecule has 5 heteroatoms. The SMILES string of the molecule is Cc1cc(C)n2cc(-c3cc(F)c(C)cc3F)nc2n1. The number of imidazole rings is 1. The van der Waals surface area contributed by atoms with Crippen molar-refractivity contribution in [3.8, 4) is 11.3 Å². The summed E-state index contributed by atoms with van der Waals surface area (Å²) in [6, 6.07) is 4.26. The van der Waals surface area contributed by atoms with Crippen molar-refractivity contribution in [2.45, 2.75) is 20.8 Å². The average molecular weight is 273 g/mol. The van der Waals surface area contributed by atoms with Crippen molar-refractivity contribution in [2.75, 3.05) is 0 Å².